The number of likely N-dealkylation sites (tertiary alicyclic amines) is 1. The Hall–Kier alpha value is -3.75. The lowest BCUT2D eigenvalue weighted by Gasteiger charge is -2.23. The molecule has 0 spiro atoms. The van der Waals surface area contributed by atoms with Crippen LogP contribution in [0.25, 0.3) is 11.4 Å². The molecule has 2 amide bonds. The first-order chi connectivity index (χ1) is 15.1. The Balaban J connectivity index is 1.52. The van der Waals surface area contributed by atoms with E-state index in [-0.39, 0.29) is 12.1 Å². The van der Waals surface area contributed by atoms with Crippen molar-refractivity contribution in [1.29, 1.82) is 0 Å². The first-order valence-corrected chi connectivity index (χ1v) is 9.90. The van der Waals surface area contributed by atoms with Gasteiger partial charge in [0.25, 0.3) is 0 Å². The summed E-state index contributed by atoms with van der Waals surface area (Å²) in [5.41, 5.74) is 1.34. The van der Waals surface area contributed by atoms with Crippen LogP contribution in [0.4, 0.5) is 10.5 Å². The number of urea groups is 1. The molecule has 1 fully saturated rings. The molecule has 1 aliphatic rings. The molecule has 1 N–H and O–H groups in total. The lowest BCUT2D eigenvalue weighted by atomic mass is 10.2. The topological polar surface area (TPSA) is 99.0 Å². The molecule has 4 rings (SSSR count). The van der Waals surface area contributed by atoms with Crippen LogP contribution in [0, 0.1) is 0 Å². The fourth-order valence-electron chi connectivity index (χ4n) is 3.61. The number of ether oxygens (including phenoxy) is 3. The summed E-state index contributed by atoms with van der Waals surface area (Å²) >= 11 is 0. The predicted octanol–water partition coefficient (Wildman–Crippen LogP) is 4.13. The van der Waals surface area contributed by atoms with Gasteiger partial charge in [-0.25, -0.2) is 4.79 Å². The summed E-state index contributed by atoms with van der Waals surface area (Å²) in [5.74, 6) is 2.73. The van der Waals surface area contributed by atoms with Crippen molar-refractivity contribution >= 4 is 11.7 Å². The van der Waals surface area contributed by atoms with E-state index in [1.54, 1.807) is 44.4 Å². The van der Waals surface area contributed by atoms with Crippen molar-refractivity contribution in [3.63, 3.8) is 0 Å². The van der Waals surface area contributed by atoms with Gasteiger partial charge in [-0.05, 0) is 37.1 Å². The van der Waals surface area contributed by atoms with Gasteiger partial charge >= 0.3 is 6.03 Å². The van der Waals surface area contributed by atoms with E-state index in [9.17, 15) is 4.79 Å². The monoisotopic (exact) mass is 424 g/mol. The molecule has 1 aromatic heterocycles. The number of aromatic nitrogens is 2. The highest BCUT2D eigenvalue weighted by molar-refractivity contribution is 5.91. The van der Waals surface area contributed by atoms with Gasteiger partial charge in [-0.3, -0.25) is 0 Å². The summed E-state index contributed by atoms with van der Waals surface area (Å²) in [6.45, 7) is 0.589. The second-order valence-corrected chi connectivity index (χ2v) is 7.04. The maximum absolute atomic E-state index is 13.0. The van der Waals surface area contributed by atoms with E-state index in [1.807, 2.05) is 24.3 Å². The Morgan fingerprint density at radius 3 is 2.68 bits per heavy atom. The minimum absolute atomic E-state index is 0.257. The molecule has 31 heavy (non-hydrogen) atoms. The van der Waals surface area contributed by atoms with E-state index in [2.05, 4.69) is 15.5 Å². The minimum atomic E-state index is -0.295. The number of anilines is 1. The Kier molecular flexibility index (Phi) is 5.92. The largest absolute Gasteiger partial charge is 0.497 e. The van der Waals surface area contributed by atoms with Gasteiger partial charge in [0.15, 0.2) is 0 Å². The molecule has 1 aliphatic heterocycles. The quantitative estimate of drug-likeness (QED) is 0.635. The lowest BCUT2D eigenvalue weighted by Crippen LogP contribution is -2.34. The summed E-state index contributed by atoms with van der Waals surface area (Å²) in [4.78, 5) is 19.2. The van der Waals surface area contributed by atoms with Crippen molar-refractivity contribution in [2.24, 2.45) is 0 Å². The van der Waals surface area contributed by atoms with Crippen LogP contribution in [-0.2, 0) is 0 Å². The van der Waals surface area contributed by atoms with Crippen molar-refractivity contribution < 1.29 is 23.5 Å². The van der Waals surface area contributed by atoms with Crippen molar-refractivity contribution in [2.45, 2.75) is 18.9 Å². The summed E-state index contributed by atoms with van der Waals surface area (Å²) in [5, 5.41) is 7.00. The van der Waals surface area contributed by atoms with Gasteiger partial charge in [0.2, 0.25) is 11.7 Å². The molecule has 9 nitrogen and oxygen atoms in total. The van der Waals surface area contributed by atoms with Gasteiger partial charge in [0.05, 0.1) is 27.0 Å². The Labute approximate surface area is 179 Å². The number of amides is 2. The molecule has 9 heteroatoms. The summed E-state index contributed by atoms with van der Waals surface area (Å²) in [7, 11) is 4.72. The number of hydrogen-bond acceptors (Lipinski definition) is 7. The SMILES string of the molecule is COc1cccc(-c2noc([C@H]3CCCN3C(=O)Nc3ccc(OC)cc3OC)n2)c1. The smallest absolute Gasteiger partial charge is 0.322 e. The minimum Gasteiger partial charge on any atom is -0.497 e. The molecule has 2 aromatic carbocycles. The summed E-state index contributed by atoms with van der Waals surface area (Å²) < 4.78 is 21.3. The number of carbonyl (C=O) groups is 1. The molecule has 162 valence electrons. The molecule has 0 bridgehead atoms. The molecule has 0 unspecified atom stereocenters. The van der Waals surface area contributed by atoms with Gasteiger partial charge < -0.3 is 29.0 Å². The standard InChI is InChI=1S/C22H24N4O5/c1-28-15-7-4-6-14(12-15)20-24-21(31-25-20)18-8-5-11-26(18)22(27)23-17-10-9-16(29-2)13-19(17)30-3/h4,6-7,9-10,12-13,18H,5,8,11H2,1-3H3,(H,23,27)/t18-/m1/s1. The van der Waals surface area contributed by atoms with Gasteiger partial charge in [-0.15, -0.1) is 0 Å². The molecule has 1 saturated heterocycles. The fourth-order valence-corrected chi connectivity index (χ4v) is 3.61. The van der Waals surface area contributed by atoms with Gasteiger partial charge in [0, 0.05) is 18.2 Å². The van der Waals surface area contributed by atoms with E-state index in [1.165, 1.54) is 0 Å². The number of nitrogens with one attached hydrogen (secondary N) is 1. The average Bonchev–Trinajstić information content (AvgIpc) is 3.49. The maximum Gasteiger partial charge on any atom is 0.322 e. The van der Waals surface area contributed by atoms with Crippen LogP contribution in [0.15, 0.2) is 47.0 Å². The normalized spacial score (nSPS) is 15.6. The molecule has 0 radical (unpaired) electrons. The number of hydrogen-bond donors (Lipinski definition) is 1. The Morgan fingerprint density at radius 2 is 1.90 bits per heavy atom. The van der Waals surface area contributed by atoms with Gasteiger partial charge in [-0.1, -0.05) is 17.3 Å². The van der Waals surface area contributed by atoms with Crippen LogP contribution >= 0.6 is 0 Å². The second-order valence-electron chi connectivity index (χ2n) is 7.04. The maximum atomic E-state index is 13.0. The molecule has 1 atom stereocenters. The Bertz CT molecular complexity index is 1070. The molecule has 2 heterocycles. The van der Waals surface area contributed by atoms with E-state index in [4.69, 9.17) is 18.7 Å². The molecular weight excluding hydrogens is 400 g/mol. The molecule has 0 saturated carbocycles. The van der Waals surface area contributed by atoms with Crippen LogP contribution in [0.3, 0.4) is 0 Å². The lowest BCUT2D eigenvalue weighted by molar-refractivity contribution is 0.193. The third kappa shape index (κ3) is 4.25. The third-order valence-corrected chi connectivity index (χ3v) is 5.22. The van der Waals surface area contributed by atoms with E-state index in [0.29, 0.717) is 41.2 Å². The predicted molar refractivity (Wildman–Crippen MR) is 114 cm³/mol. The van der Waals surface area contributed by atoms with Crippen LogP contribution in [0.2, 0.25) is 0 Å². The van der Waals surface area contributed by atoms with Crippen molar-refractivity contribution in [3.8, 4) is 28.6 Å². The Morgan fingerprint density at radius 1 is 1.10 bits per heavy atom. The second kappa shape index (κ2) is 8.95. The highest BCUT2D eigenvalue weighted by Gasteiger charge is 2.34. The van der Waals surface area contributed by atoms with Crippen molar-refractivity contribution in [1.82, 2.24) is 15.0 Å². The zero-order chi connectivity index (χ0) is 21.8. The highest BCUT2D eigenvalue weighted by Crippen LogP contribution is 2.34. The number of methoxy groups -OCH3 is 3. The number of nitrogens with zero attached hydrogens (tertiary/aromatic N) is 3. The number of rotatable bonds is 6. The van der Waals surface area contributed by atoms with Crippen LogP contribution in [-0.4, -0.2) is 48.9 Å². The van der Waals surface area contributed by atoms with Gasteiger partial charge in [-0.2, -0.15) is 4.98 Å². The highest BCUT2D eigenvalue weighted by atomic mass is 16.5. The zero-order valence-corrected chi connectivity index (χ0v) is 17.6. The molecular formula is C22H24N4O5. The average molecular weight is 424 g/mol. The zero-order valence-electron chi connectivity index (χ0n) is 17.6. The van der Waals surface area contributed by atoms with Crippen LogP contribution in [0.1, 0.15) is 24.8 Å². The number of carbonyl (C=O) groups excluding carboxylic acids is 1. The number of benzene rings is 2. The van der Waals surface area contributed by atoms with E-state index in [0.717, 1.165) is 18.4 Å². The fraction of sp³-hybridized carbons (Fsp3) is 0.318. The van der Waals surface area contributed by atoms with Crippen molar-refractivity contribution in [3.05, 3.63) is 48.4 Å². The van der Waals surface area contributed by atoms with E-state index >= 15 is 0 Å². The van der Waals surface area contributed by atoms with Gasteiger partial charge in [0.1, 0.15) is 23.3 Å². The van der Waals surface area contributed by atoms with Crippen molar-refractivity contribution in [2.75, 3.05) is 33.2 Å². The summed E-state index contributed by atoms with van der Waals surface area (Å²) in [6, 6.07) is 12.1. The summed E-state index contributed by atoms with van der Waals surface area (Å²) in [6.07, 6.45) is 1.58. The van der Waals surface area contributed by atoms with E-state index < -0.39 is 0 Å². The molecule has 0 aliphatic carbocycles. The first kappa shape index (κ1) is 20.5. The third-order valence-electron chi connectivity index (χ3n) is 5.22. The van der Waals surface area contributed by atoms with Crippen LogP contribution < -0.4 is 19.5 Å². The molecule has 3 aromatic rings. The first-order valence-electron chi connectivity index (χ1n) is 9.90. The van der Waals surface area contributed by atoms with Crippen LogP contribution in [0.5, 0.6) is 17.2 Å².